The van der Waals surface area contributed by atoms with E-state index in [9.17, 15) is 19.1 Å². The minimum Gasteiger partial charge on any atom is -0.508 e. The fraction of sp³-hybridized carbons (Fsp3) is 0.280. The zero-order valence-corrected chi connectivity index (χ0v) is 18.3. The lowest BCUT2D eigenvalue weighted by Gasteiger charge is -2.19. The lowest BCUT2D eigenvalue weighted by molar-refractivity contribution is 0.0592. The zero-order valence-electron chi connectivity index (χ0n) is 18.3. The van der Waals surface area contributed by atoms with Gasteiger partial charge in [0.05, 0.1) is 7.11 Å². The fourth-order valence-electron chi connectivity index (χ4n) is 4.04. The van der Waals surface area contributed by atoms with Gasteiger partial charge in [0.2, 0.25) is 0 Å². The number of fused-ring (bicyclic) bond motifs is 1. The smallest absolute Gasteiger partial charge is 0.343 e. The maximum absolute atomic E-state index is 13.2. The van der Waals surface area contributed by atoms with Gasteiger partial charge in [-0.2, -0.15) is 0 Å². The summed E-state index contributed by atoms with van der Waals surface area (Å²) in [5.74, 6) is -0.566. The fourth-order valence-corrected chi connectivity index (χ4v) is 4.04. The molecule has 2 aromatic carbocycles. The molecule has 1 aliphatic heterocycles. The van der Waals surface area contributed by atoms with Crippen LogP contribution >= 0.6 is 0 Å². The predicted molar refractivity (Wildman–Crippen MR) is 120 cm³/mol. The second-order valence-corrected chi connectivity index (χ2v) is 7.92. The molecule has 0 bridgehead atoms. The first-order valence-corrected chi connectivity index (χ1v) is 10.7. The average molecular weight is 452 g/mol. The third-order valence-electron chi connectivity index (χ3n) is 5.70. The van der Waals surface area contributed by atoms with Crippen LogP contribution in [0.2, 0.25) is 0 Å². The van der Waals surface area contributed by atoms with Gasteiger partial charge in [0.25, 0.3) is 5.56 Å². The average Bonchev–Trinajstić information content (AvgIpc) is 3.01. The zero-order chi connectivity index (χ0) is 23.4. The number of phenols is 1. The minimum atomic E-state index is -0.575. The van der Waals surface area contributed by atoms with Gasteiger partial charge in [-0.15, -0.1) is 0 Å². The molecule has 172 valence electrons. The molecule has 8 heteroatoms. The lowest BCUT2D eigenvalue weighted by atomic mass is 10.1. The van der Waals surface area contributed by atoms with Gasteiger partial charge in [0.15, 0.2) is 0 Å². The molecule has 0 fully saturated rings. The Balaban J connectivity index is 1.60. The molecular formula is C25H25FN2O5. The van der Waals surface area contributed by atoms with Crippen molar-refractivity contribution in [2.24, 2.45) is 0 Å². The van der Waals surface area contributed by atoms with Gasteiger partial charge in [-0.05, 0) is 35.4 Å². The highest BCUT2D eigenvalue weighted by molar-refractivity contribution is 5.93. The SMILES string of the molecule is COC(=O)c1c(OCc2ccc(F)cc2)cc(=O)n2c1CCN(Cc1cccc(O)c1)CC2. The number of rotatable bonds is 6. The summed E-state index contributed by atoms with van der Waals surface area (Å²) in [6.07, 6.45) is 0.451. The van der Waals surface area contributed by atoms with Crippen LogP contribution in [-0.4, -0.2) is 40.7 Å². The van der Waals surface area contributed by atoms with Crippen molar-refractivity contribution in [2.45, 2.75) is 26.1 Å². The summed E-state index contributed by atoms with van der Waals surface area (Å²) in [4.78, 5) is 27.8. The third-order valence-corrected chi connectivity index (χ3v) is 5.70. The van der Waals surface area contributed by atoms with E-state index < -0.39 is 5.97 Å². The molecule has 4 rings (SSSR count). The van der Waals surface area contributed by atoms with E-state index in [4.69, 9.17) is 9.47 Å². The molecule has 0 saturated heterocycles. The molecule has 0 amide bonds. The van der Waals surface area contributed by atoms with Gasteiger partial charge in [-0.25, -0.2) is 9.18 Å². The van der Waals surface area contributed by atoms with Crippen molar-refractivity contribution < 1.29 is 23.8 Å². The second kappa shape index (κ2) is 9.87. The van der Waals surface area contributed by atoms with Crippen molar-refractivity contribution in [1.82, 2.24) is 9.47 Å². The van der Waals surface area contributed by atoms with E-state index in [-0.39, 0.29) is 35.0 Å². The van der Waals surface area contributed by atoms with Crippen molar-refractivity contribution in [1.29, 1.82) is 0 Å². The number of hydrogen-bond donors (Lipinski definition) is 1. The summed E-state index contributed by atoms with van der Waals surface area (Å²) >= 11 is 0. The number of ether oxygens (including phenoxy) is 2. The molecule has 1 N–H and O–H groups in total. The maximum atomic E-state index is 13.2. The third kappa shape index (κ3) is 5.23. The van der Waals surface area contributed by atoms with E-state index in [1.807, 2.05) is 6.07 Å². The largest absolute Gasteiger partial charge is 0.508 e. The summed E-state index contributed by atoms with van der Waals surface area (Å²) in [7, 11) is 1.29. The number of phenolic OH excluding ortho intramolecular Hbond substituents is 1. The van der Waals surface area contributed by atoms with Gasteiger partial charge in [0, 0.05) is 44.4 Å². The molecule has 1 aromatic heterocycles. The maximum Gasteiger partial charge on any atom is 0.343 e. The number of aromatic hydroxyl groups is 1. The van der Waals surface area contributed by atoms with Crippen LogP contribution in [0.5, 0.6) is 11.5 Å². The van der Waals surface area contributed by atoms with Crippen LogP contribution in [0.25, 0.3) is 0 Å². The first kappa shape index (κ1) is 22.5. The molecule has 33 heavy (non-hydrogen) atoms. The molecule has 0 atom stereocenters. The van der Waals surface area contributed by atoms with Gasteiger partial charge in [-0.1, -0.05) is 24.3 Å². The van der Waals surface area contributed by atoms with E-state index in [0.717, 1.165) is 5.56 Å². The van der Waals surface area contributed by atoms with Gasteiger partial charge in [0.1, 0.15) is 29.5 Å². The van der Waals surface area contributed by atoms with E-state index in [0.29, 0.717) is 43.9 Å². The lowest BCUT2D eigenvalue weighted by Crippen LogP contribution is -2.29. The van der Waals surface area contributed by atoms with Crippen LogP contribution in [-0.2, 0) is 30.9 Å². The molecule has 0 aliphatic carbocycles. The number of halogens is 1. The van der Waals surface area contributed by atoms with Crippen LogP contribution in [0.15, 0.2) is 59.4 Å². The van der Waals surface area contributed by atoms with Crippen molar-refractivity contribution in [3.8, 4) is 11.5 Å². The molecule has 2 heterocycles. The van der Waals surface area contributed by atoms with Crippen LogP contribution < -0.4 is 10.3 Å². The highest BCUT2D eigenvalue weighted by Crippen LogP contribution is 2.25. The number of carbonyl (C=O) groups is 1. The highest BCUT2D eigenvalue weighted by atomic mass is 19.1. The Morgan fingerprint density at radius 1 is 1.06 bits per heavy atom. The Hall–Kier alpha value is -3.65. The van der Waals surface area contributed by atoms with Gasteiger partial charge >= 0.3 is 5.97 Å². The van der Waals surface area contributed by atoms with Gasteiger partial charge < -0.3 is 19.1 Å². The summed E-state index contributed by atoms with van der Waals surface area (Å²) in [5.41, 5.74) is 2.22. The van der Waals surface area contributed by atoms with Crippen LogP contribution in [0, 0.1) is 5.82 Å². The van der Waals surface area contributed by atoms with Crippen LogP contribution in [0.3, 0.4) is 0 Å². The van der Waals surface area contributed by atoms with E-state index in [1.54, 1.807) is 34.9 Å². The molecule has 0 spiro atoms. The van der Waals surface area contributed by atoms with Crippen molar-refractivity contribution >= 4 is 5.97 Å². The quantitative estimate of drug-likeness (QED) is 0.579. The first-order valence-electron chi connectivity index (χ1n) is 10.7. The van der Waals surface area contributed by atoms with Crippen LogP contribution in [0.4, 0.5) is 4.39 Å². The molecular weight excluding hydrogens is 427 g/mol. The number of methoxy groups -OCH3 is 1. The molecule has 1 aliphatic rings. The summed E-state index contributed by atoms with van der Waals surface area (Å²) in [6, 6.07) is 14.2. The molecule has 7 nitrogen and oxygen atoms in total. The molecule has 0 radical (unpaired) electrons. The first-order chi connectivity index (χ1) is 15.9. The highest BCUT2D eigenvalue weighted by Gasteiger charge is 2.26. The Bertz CT molecular complexity index is 1210. The summed E-state index contributed by atoms with van der Waals surface area (Å²) < 4.78 is 25.6. The van der Waals surface area contributed by atoms with Crippen molar-refractivity contribution in [3.63, 3.8) is 0 Å². The second-order valence-electron chi connectivity index (χ2n) is 7.92. The summed E-state index contributed by atoms with van der Waals surface area (Å²) in [6.45, 7) is 2.32. The number of nitrogens with zero attached hydrogens (tertiary/aromatic N) is 2. The monoisotopic (exact) mass is 452 g/mol. The Morgan fingerprint density at radius 3 is 2.58 bits per heavy atom. The number of benzene rings is 2. The minimum absolute atomic E-state index is 0.0802. The van der Waals surface area contributed by atoms with Crippen LogP contribution in [0.1, 0.15) is 27.2 Å². The molecule has 0 unspecified atom stereocenters. The number of hydrogen-bond acceptors (Lipinski definition) is 6. The van der Waals surface area contributed by atoms with Gasteiger partial charge in [-0.3, -0.25) is 9.69 Å². The molecule has 0 saturated carbocycles. The standard InChI is InChI=1S/C25H25FN2O5/c1-32-25(31)24-21-9-10-27(15-18-3-2-4-20(29)13-18)11-12-28(21)23(30)14-22(24)33-16-17-5-7-19(26)8-6-17/h2-8,13-14,29H,9-12,15-16H2,1H3. The number of pyridine rings is 1. The normalized spacial score (nSPS) is 13.8. The number of esters is 1. The summed E-state index contributed by atoms with van der Waals surface area (Å²) in [5, 5.41) is 9.73. The topological polar surface area (TPSA) is 81.0 Å². The molecule has 3 aromatic rings. The van der Waals surface area contributed by atoms with E-state index in [1.165, 1.54) is 25.3 Å². The van der Waals surface area contributed by atoms with E-state index >= 15 is 0 Å². The Morgan fingerprint density at radius 2 is 1.85 bits per heavy atom. The van der Waals surface area contributed by atoms with Crippen molar-refractivity contribution in [2.75, 3.05) is 20.2 Å². The van der Waals surface area contributed by atoms with Crippen molar-refractivity contribution in [3.05, 3.63) is 93.2 Å². The Labute approximate surface area is 190 Å². The number of carbonyl (C=O) groups excluding carboxylic acids is 1. The van der Waals surface area contributed by atoms with E-state index in [2.05, 4.69) is 4.90 Å². The number of aromatic nitrogens is 1. The predicted octanol–water partition coefficient (Wildman–Crippen LogP) is 3.12. The Kier molecular flexibility index (Phi) is 6.74.